The summed E-state index contributed by atoms with van der Waals surface area (Å²) >= 11 is 0. The molecule has 0 fully saturated rings. The lowest BCUT2D eigenvalue weighted by molar-refractivity contribution is -0.137. The Bertz CT molecular complexity index is 48.2. The van der Waals surface area contributed by atoms with Gasteiger partial charge in [0.2, 0.25) is 0 Å². The van der Waals surface area contributed by atoms with Crippen LogP contribution in [-0.2, 0) is 9.63 Å². The summed E-state index contributed by atoms with van der Waals surface area (Å²) in [6.07, 6.45) is 0. The van der Waals surface area contributed by atoms with Gasteiger partial charge in [-0.15, -0.1) is 0 Å². The molecule has 2 N–H and O–H groups in total. The summed E-state index contributed by atoms with van der Waals surface area (Å²) in [5, 5.41) is 0. The van der Waals surface area contributed by atoms with Crippen molar-refractivity contribution in [3.05, 3.63) is 0 Å². The molecule has 0 unspecified atom stereocenters. The Balaban J connectivity index is 2.56. The van der Waals surface area contributed by atoms with Gasteiger partial charge in [0.15, 0.2) is 0 Å². The van der Waals surface area contributed by atoms with E-state index in [9.17, 15) is 4.79 Å². The van der Waals surface area contributed by atoms with Crippen LogP contribution in [0.15, 0.2) is 0 Å². The molecule has 0 spiro atoms. The first-order chi connectivity index (χ1) is 3.41. The Hall–Kier alpha value is -0.610. The topological polar surface area (TPSA) is 50.4 Å². The van der Waals surface area contributed by atoms with E-state index in [1.54, 1.807) is 0 Å². The summed E-state index contributed by atoms with van der Waals surface area (Å²) in [6, 6.07) is 0. The molecule has 0 amide bonds. The van der Waals surface area contributed by atoms with E-state index in [1.165, 1.54) is 0 Å². The van der Waals surface area contributed by atoms with Crippen LogP contribution in [0.2, 0.25) is 0 Å². The summed E-state index contributed by atoms with van der Waals surface area (Å²) in [5.74, 6) is 0. The summed E-state index contributed by atoms with van der Waals surface area (Å²) in [4.78, 5) is 13.4. The number of hydrazine groups is 1. The molecule has 0 aliphatic carbocycles. The van der Waals surface area contributed by atoms with Gasteiger partial charge in [0.1, 0.15) is 0 Å². The van der Waals surface area contributed by atoms with Crippen LogP contribution < -0.4 is 11.0 Å². The number of nitrogens with one attached hydrogen (secondary N) is 2. The fourth-order valence-corrected chi connectivity index (χ4v) is 0.138. The molecule has 0 aromatic heterocycles. The molecule has 0 radical (unpaired) electrons. The molecule has 0 atom stereocenters. The van der Waals surface area contributed by atoms with Crippen LogP contribution in [0.3, 0.4) is 0 Å². The van der Waals surface area contributed by atoms with E-state index in [-0.39, 0.29) is 0 Å². The van der Waals surface area contributed by atoms with Crippen molar-refractivity contribution in [2.75, 3.05) is 6.54 Å². The molecule has 0 saturated heterocycles. The zero-order valence-electron chi connectivity index (χ0n) is 4.10. The maximum atomic E-state index is 9.35. The Morgan fingerprint density at radius 3 is 3.00 bits per heavy atom. The highest BCUT2D eigenvalue weighted by Crippen LogP contribution is 1.46. The van der Waals surface area contributed by atoms with E-state index in [0.717, 1.165) is 0 Å². The van der Waals surface area contributed by atoms with E-state index in [4.69, 9.17) is 0 Å². The van der Waals surface area contributed by atoms with Crippen LogP contribution in [0.1, 0.15) is 6.92 Å². The minimum Gasteiger partial charge on any atom is -0.359 e. The van der Waals surface area contributed by atoms with Crippen LogP contribution in [0.25, 0.3) is 0 Å². The third-order valence-corrected chi connectivity index (χ3v) is 0.356. The molecule has 0 bridgehead atoms. The molecule has 4 heteroatoms. The van der Waals surface area contributed by atoms with Crippen molar-refractivity contribution >= 4 is 6.47 Å². The molecule has 0 saturated carbocycles. The van der Waals surface area contributed by atoms with Gasteiger partial charge in [0.05, 0.1) is 0 Å². The van der Waals surface area contributed by atoms with Gasteiger partial charge in [-0.3, -0.25) is 4.79 Å². The predicted octanol–water partition coefficient (Wildman–Crippen LogP) is -0.812. The van der Waals surface area contributed by atoms with Crippen molar-refractivity contribution < 1.29 is 9.63 Å². The molecule has 0 rings (SSSR count). The SMILES string of the molecule is CCNNOC=O. The van der Waals surface area contributed by atoms with E-state index < -0.39 is 0 Å². The first-order valence-corrected chi connectivity index (χ1v) is 1.99. The number of hydrogen-bond acceptors (Lipinski definition) is 4. The normalized spacial score (nSPS) is 8.14. The number of rotatable bonds is 4. The monoisotopic (exact) mass is 104 g/mol. The van der Waals surface area contributed by atoms with Gasteiger partial charge in [0.25, 0.3) is 0 Å². The highest BCUT2D eigenvalue weighted by atomic mass is 16.7. The third-order valence-electron chi connectivity index (χ3n) is 0.356. The Morgan fingerprint density at radius 2 is 2.57 bits per heavy atom. The Kier molecular flexibility index (Phi) is 4.92. The summed E-state index contributed by atoms with van der Waals surface area (Å²) in [5.41, 5.74) is 4.71. The van der Waals surface area contributed by atoms with E-state index >= 15 is 0 Å². The van der Waals surface area contributed by atoms with Crippen molar-refractivity contribution in [3.63, 3.8) is 0 Å². The Labute approximate surface area is 41.8 Å². The highest BCUT2D eigenvalue weighted by Gasteiger charge is 1.71. The molecule has 0 aliphatic rings. The first-order valence-electron chi connectivity index (χ1n) is 1.99. The zero-order chi connectivity index (χ0) is 5.54. The van der Waals surface area contributed by atoms with Crippen LogP contribution in [0.4, 0.5) is 0 Å². The third kappa shape index (κ3) is 5.39. The second kappa shape index (κ2) is 5.39. The molecule has 0 heterocycles. The van der Waals surface area contributed by atoms with E-state index in [2.05, 4.69) is 15.9 Å². The van der Waals surface area contributed by atoms with Crippen molar-refractivity contribution in [1.82, 2.24) is 11.0 Å². The molecule has 7 heavy (non-hydrogen) atoms. The van der Waals surface area contributed by atoms with Crippen LogP contribution in [0, 0.1) is 0 Å². The van der Waals surface area contributed by atoms with Crippen molar-refractivity contribution in [3.8, 4) is 0 Å². The van der Waals surface area contributed by atoms with Crippen molar-refractivity contribution in [1.29, 1.82) is 0 Å². The van der Waals surface area contributed by atoms with Gasteiger partial charge in [0, 0.05) is 6.54 Å². The lowest BCUT2D eigenvalue weighted by Gasteiger charge is -1.96. The highest BCUT2D eigenvalue weighted by molar-refractivity contribution is 5.36. The average molecular weight is 104 g/mol. The molecule has 42 valence electrons. The standard InChI is InChI=1S/C3H8N2O2/c1-2-4-5-7-3-6/h3-5H,2H2,1H3. The van der Waals surface area contributed by atoms with Crippen LogP contribution in [-0.4, -0.2) is 13.0 Å². The molecule has 0 aliphatic heterocycles. The summed E-state index contributed by atoms with van der Waals surface area (Å²) < 4.78 is 0. The van der Waals surface area contributed by atoms with Gasteiger partial charge < -0.3 is 4.84 Å². The van der Waals surface area contributed by atoms with Crippen molar-refractivity contribution in [2.45, 2.75) is 6.92 Å². The number of carbonyl (C=O) groups excluding carboxylic acids is 1. The average Bonchev–Trinajstić information content (AvgIpc) is 1.69. The quantitative estimate of drug-likeness (QED) is 0.278. The summed E-state index contributed by atoms with van der Waals surface area (Å²) in [7, 11) is 0. The predicted molar refractivity (Wildman–Crippen MR) is 24.0 cm³/mol. The smallest absolute Gasteiger partial charge is 0.314 e. The number of hydrogen-bond donors (Lipinski definition) is 2. The van der Waals surface area contributed by atoms with Gasteiger partial charge in [-0.2, -0.15) is 0 Å². The fraction of sp³-hybridized carbons (Fsp3) is 0.667. The zero-order valence-corrected chi connectivity index (χ0v) is 4.10. The van der Waals surface area contributed by atoms with E-state index in [0.29, 0.717) is 13.0 Å². The minimum absolute atomic E-state index is 0.308. The van der Waals surface area contributed by atoms with Gasteiger partial charge >= 0.3 is 6.47 Å². The maximum absolute atomic E-state index is 9.35. The van der Waals surface area contributed by atoms with Gasteiger partial charge in [-0.1, -0.05) is 12.5 Å². The maximum Gasteiger partial charge on any atom is 0.314 e. The largest absolute Gasteiger partial charge is 0.359 e. The first kappa shape index (κ1) is 6.39. The van der Waals surface area contributed by atoms with E-state index in [1.807, 2.05) is 6.92 Å². The van der Waals surface area contributed by atoms with Crippen LogP contribution >= 0.6 is 0 Å². The van der Waals surface area contributed by atoms with Crippen molar-refractivity contribution in [2.24, 2.45) is 0 Å². The number of carbonyl (C=O) groups is 1. The molecule has 0 aromatic carbocycles. The lowest BCUT2D eigenvalue weighted by atomic mass is 10.8. The molecule has 0 aromatic rings. The molecule has 4 nitrogen and oxygen atoms in total. The lowest BCUT2D eigenvalue weighted by Crippen LogP contribution is -2.30. The van der Waals surface area contributed by atoms with Gasteiger partial charge in [-0.05, 0) is 0 Å². The molecular weight excluding hydrogens is 96.0 g/mol. The second-order valence-electron chi connectivity index (χ2n) is 0.846. The minimum atomic E-state index is 0.308. The molecular formula is C3H8N2O2. The summed E-state index contributed by atoms with van der Waals surface area (Å²) in [6.45, 7) is 2.90. The Morgan fingerprint density at radius 1 is 1.86 bits per heavy atom. The van der Waals surface area contributed by atoms with Gasteiger partial charge in [-0.25, -0.2) is 5.43 Å². The second-order valence-corrected chi connectivity index (χ2v) is 0.846. The van der Waals surface area contributed by atoms with Crippen LogP contribution in [0.5, 0.6) is 0 Å². The fourth-order valence-electron chi connectivity index (χ4n) is 0.138.